The molecule has 1 N–H and O–H groups in total. The first-order chi connectivity index (χ1) is 7.65. The Balaban J connectivity index is 2.76. The molecule has 0 amide bonds. The van der Waals surface area contributed by atoms with E-state index in [1.165, 1.54) is 0 Å². The lowest BCUT2D eigenvalue weighted by atomic mass is 10.1. The molecule has 0 aromatic heterocycles. The standard InChI is InChI=1S/C13H20FNO/c1-10(2)15-9-12-6-4-5-11(3)13(12)16-8-7-14/h4-6,10,15H,7-9H2,1-3H3. The molecule has 3 heteroatoms. The van der Waals surface area contributed by atoms with Crippen molar-refractivity contribution in [1.29, 1.82) is 0 Å². The summed E-state index contributed by atoms with van der Waals surface area (Å²) < 4.78 is 17.6. The summed E-state index contributed by atoms with van der Waals surface area (Å²) >= 11 is 0. The van der Waals surface area contributed by atoms with Crippen LogP contribution in [0.3, 0.4) is 0 Å². The van der Waals surface area contributed by atoms with Gasteiger partial charge in [0.15, 0.2) is 0 Å². The quantitative estimate of drug-likeness (QED) is 0.803. The van der Waals surface area contributed by atoms with E-state index in [4.69, 9.17) is 4.74 Å². The van der Waals surface area contributed by atoms with Gasteiger partial charge >= 0.3 is 0 Å². The highest BCUT2D eigenvalue weighted by Crippen LogP contribution is 2.23. The third-order valence-corrected chi connectivity index (χ3v) is 2.32. The molecule has 0 saturated carbocycles. The number of benzene rings is 1. The van der Waals surface area contributed by atoms with Crippen LogP contribution in [-0.2, 0) is 6.54 Å². The second kappa shape index (κ2) is 6.48. The van der Waals surface area contributed by atoms with Crippen molar-refractivity contribution in [1.82, 2.24) is 5.32 Å². The summed E-state index contributed by atoms with van der Waals surface area (Å²) in [6, 6.07) is 6.41. The zero-order chi connectivity index (χ0) is 12.0. The lowest BCUT2D eigenvalue weighted by Gasteiger charge is -2.15. The van der Waals surface area contributed by atoms with Crippen molar-refractivity contribution in [2.75, 3.05) is 13.3 Å². The molecule has 2 nitrogen and oxygen atoms in total. The first kappa shape index (κ1) is 13.0. The van der Waals surface area contributed by atoms with Gasteiger partial charge in [0.05, 0.1) is 0 Å². The highest BCUT2D eigenvalue weighted by Gasteiger charge is 2.07. The number of hydrogen-bond acceptors (Lipinski definition) is 2. The van der Waals surface area contributed by atoms with E-state index < -0.39 is 6.67 Å². The summed E-state index contributed by atoms with van der Waals surface area (Å²) in [6.45, 7) is 6.59. The first-order valence-corrected chi connectivity index (χ1v) is 5.65. The van der Waals surface area contributed by atoms with Gasteiger partial charge in [-0.3, -0.25) is 0 Å². The number of aryl methyl sites for hydroxylation is 1. The predicted octanol–water partition coefficient (Wildman–Crippen LogP) is 2.84. The van der Waals surface area contributed by atoms with Crippen molar-refractivity contribution < 1.29 is 9.13 Å². The van der Waals surface area contributed by atoms with Crippen LogP contribution in [0.1, 0.15) is 25.0 Å². The number of alkyl halides is 1. The van der Waals surface area contributed by atoms with Crippen molar-refractivity contribution in [3.63, 3.8) is 0 Å². The topological polar surface area (TPSA) is 21.3 Å². The van der Waals surface area contributed by atoms with Crippen LogP contribution in [0.2, 0.25) is 0 Å². The maximum Gasteiger partial charge on any atom is 0.126 e. The van der Waals surface area contributed by atoms with E-state index >= 15 is 0 Å². The summed E-state index contributed by atoms with van der Waals surface area (Å²) in [5, 5.41) is 3.33. The Morgan fingerprint density at radius 3 is 2.75 bits per heavy atom. The summed E-state index contributed by atoms with van der Waals surface area (Å²) in [5.74, 6) is 0.813. The Kier molecular flexibility index (Phi) is 5.26. The number of rotatable bonds is 6. The number of para-hydroxylation sites is 1. The van der Waals surface area contributed by atoms with Crippen LogP contribution in [0.5, 0.6) is 5.75 Å². The molecule has 1 aromatic carbocycles. The van der Waals surface area contributed by atoms with Crippen molar-refractivity contribution in [2.24, 2.45) is 0 Å². The number of ether oxygens (including phenoxy) is 1. The second-order valence-corrected chi connectivity index (χ2v) is 4.14. The summed E-state index contributed by atoms with van der Waals surface area (Å²) in [5.41, 5.74) is 2.14. The highest BCUT2D eigenvalue weighted by atomic mass is 19.1. The van der Waals surface area contributed by atoms with Crippen LogP contribution < -0.4 is 10.1 Å². The minimum absolute atomic E-state index is 0.125. The van der Waals surface area contributed by atoms with Crippen molar-refractivity contribution in [2.45, 2.75) is 33.4 Å². The molecule has 0 aliphatic heterocycles. The van der Waals surface area contributed by atoms with Gasteiger partial charge in [0.2, 0.25) is 0 Å². The number of hydrogen-bond donors (Lipinski definition) is 1. The molecule has 16 heavy (non-hydrogen) atoms. The molecule has 1 rings (SSSR count). The molecular formula is C13H20FNO. The Morgan fingerprint density at radius 2 is 2.12 bits per heavy atom. The van der Waals surface area contributed by atoms with Gasteiger partial charge in [-0.15, -0.1) is 0 Å². The van der Waals surface area contributed by atoms with E-state index in [9.17, 15) is 4.39 Å². The summed E-state index contributed by atoms with van der Waals surface area (Å²) in [7, 11) is 0. The Morgan fingerprint density at radius 1 is 1.38 bits per heavy atom. The van der Waals surface area contributed by atoms with Gasteiger partial charge in [-0.05, 0) is 12.5 Å². The lowest BCUT2D eigenvalue weighted by molar-refractivity contribution is 0.269. The molecular weight excluding hydrogens is 205 g/mol. The largest absolute Gasteiger partial charge is 0.490 e. The number of nitrogens with one attached hydrogen (secondary N) is 1. The highest BCUT2D eigenvalue weighted by molar-refractivity contribution is 5.40. The predicted molar refractivity (Wildman–Crippen MR) is 64.6 cm³/mol. The van der Waals surface area contributed by atoms with Gasteiger partial charge < -0.3 is 10.1 Å². The van der Waals surface area contributed by atoms with Gasteiger partial charge in [0.1, 0.15) is 19.0 Å². The monoisotopic (exact) mass is 225 g/mol. The van der Waals surface area contributed by atoms with E-state index in [2.05, 4.69) is 19.2 Å². The molecule has 0 spiro atoms. The minimum Gasteiger partial charge on any atom is -0.490 e. The van der Waals surface area contributed by atoms with E-state index in [0.29, 0.717) is 6.04 Å². The van der Waals surface area contributed by atoms with Gasteiger partial charge in [0.25, 0.3) is 0 Å². The summed E-state index contributed by atoms with van der Waals surface area (Å²) in [6.07, 6.45) is 0. The maximum atomic E-state index is 12.1. The average Bonchev–Trinajstić information content (AvgIpc) is 2.25. The fraction of sp³-hybridized carbons (Fsp3) is 0.538. The maximum absolute atomic E-state index is 12.1. The molecule has 0 bridgehead atoms. The second-order valence-electron chi connectivity index (χ2n) is 4.14. The minimum atomic E-state index is -0.453. The van der Waals surface area contributed by atoms with Crippen molar-refractivity contribution in [3.05, 3.63) is 29.3 Å². The smallest absolute Gasteiger partial charge is 0.126 e. The van der Waals surface area contributed by atoms with E-state index in [-0.39, 0.29) is 6.61 Å². The van der Waals surface area contributed by atoms with Crippen LogP contribution in [-0.4, -0.2) is 19.3 Å². The van der Waals surface area contributed by atoms with Gasteiger partial charge in [-0.25, -0.2) is 4.39 Å². The van der Waals surface area contributed by atoms with Gasteiger partial charge in [-0.1, -0.05) is 32.0 Å². The fourth-order valence-electron chi connectivity index (χ4n) is 1.51. The van der Waals surface area contributed by atoms with Gasteiger partial charge in [-0.2, -0.15) is 0 Å². The van der Waals surface area contributed by atoms with E-state index in [0.717, 1.165) is 23.4 Å². The van der Waals surface area contributed by atoms with Crippen molar-refractivity contribution >= 4 is 0 Å². The Labute approximate surface area is 96.8 Å². The molecule has 0 aliphatic rings. The van der Waals surface area contributed by atoms with Crippen LogP contribution in [0.15, 0.2) is 18.2 Å². The van der Waals surface area contributed by atoms with Crippen LogP contribution in [0.25, 0.3) is 0 Å². The molecule has 0 atom stereocenters. The molecule has 0 fully saturated rings. The van der Waals surface area contributed by atoms with Crippen LogP contribution in [0, 0.1) is 6.92 Å². The zero-order valence-electron chi connectivity index (χ0n) is 10.2. The zero-order valence-corrected chi connectivity index (χ0v) is 10.2. The fourth-order valence-corrected chi connectivity index (χ4v) is 1.51. The van der Waals surface area contributed by atoms with Crippen LogP contribution in [0.4, 0.5) is 4.39 Å². The normalized spacial score (nSPS) is 10.8. The van der Waals surface area contributed by atoms with Crippen LogP contribution >= 0.6 is 0 Å². The average molecular weight is 225 g/mol. The number of halogens is 1. The molecule has 0 unspecified atom stereocenters. The van der Waals surface area contributed by atoms with E-state index in [1.807, 2.05) is 25.1 Å². The Hall–Kier alpha value is -1.09. The SMILES string of the molecule is Cc1cccc(CNC(C)C)c1OCCF. The molecule has 0 aliphatic carbocycles. The molecule has 0 radical (unpaired) electrons. The lowest BCUT2D eigenvalue weighted by Crippen LogP contribution is -2.22. The van der Waals surface area contributed by atoms with Gasteiger partial charge in [0, 0.05) is 18.2 Å². The molecule has 0 saturated heterocycles. The van der Waals surface area contributed by atoms with E-state index in [1.54, 1.807) is 0 Å². The first-order valence-electron chi connectivity index (χ1n) is 5.65. The summed E-state index contributed by atoms with van der Waals surface area (Å²) in [4.78, 5) is 0. The Bertz CT molecular complexity index is 326. The van der Waals surface area contributed by atoms with Crippen molar-refractivity contribution in [3.8, 4) is 5.75 Å². The molecule has 0 heterocycles. The molecule has 1 aromatic rings. The third kappa shape index (κ3) is 3.81. The molecule has 90 valence electrons. The third-order valence-electron chi connectivity index (χ3n) is 2.32.